The van der Waals surface area contributed by atoms with Crippen LogP contribution in [0.1, 0.15) is 15.9 Å². The van der Waals surface area contributed by atoms with Crippen LogP contribution >= 0.6 is 0 Å². The first-order valence-corrected chi connectivity index (χ1v) is 8.01. The monoisotopic (exact) mass is 352 g/mol. The highest BCUT2D eigenvalue weighted by atomic mass is 19.1. The zero-order valence-electron chi connectivity index (χ0n) is 13.8. The minimum absolute atomic E-state index is 0.164. The maximum Gasteiger partial charge on any atom is 0.337 e. The summed E-state index contributed by atoms with van der Waals surface area (Å²) in [5.41, 5.74) is 1.63. The molecule has 1 heterocycles. The summed E-state index contributed by atoms with van der Waals surface area (Å²) in [5.74, 6) is -0.176. The number of aromatic nitrogens is 2. The number of para-hydroxylation sites is 1. The van der Waals surface area contributed by atoms with E-state index in [0.717, 1.165) is 12.0 Å². The summed E-state index contributed by atoms with van der Waals surface area (Å²) < 4.78 is 12.9. The molecule has 132 valence electrons. The lowest BCUT2D eigenvalue weighted by Crippen LogP contribution is -2.08. The summed E-state index contributed by atoms with van der Waals surface area (Å²) in [6, 6.07) is 14.7. The molecule has 1 aromatic heterocycles. The lowest BCUT2D eigenvalue weighted by atomic mass is 10.1. The molecular weight excluding hydrogens is 335 g/mol. The van der Waals surface area contributed by atoms with E-state index in [4.69, 9.17) is 0 Å². The number of hydrogen-bond acceptors (Lipinski definition) is 5. The third-order valence-electron chi connectivity index (χ3n) is 3.72. The largest absolute Gasteiger partial charge is 0.478 e. The van der Waals surface area contributed by atoms with Gasteiger partial charge >= 0.3 is 5.97 Å². The predicted molar refractivity (Wildman–Crippen MR) is 97.3 cm³/mol. The Morgan fingerprint density at radius 3 is 2.54 bits per heavy atom. The van der Waals surface area contributed by atoms with Crippen molar-refractivity contribution in [1.82, 2.24) is 9.97 Å². The van der Waals surface area contributed by atoms with Gasteiger partial charge in [-0.1, -0.05) is 24.3 Å². The number of anilines is 3. The average molecular weight is 352 g/mol. The highest BCUT2D eigenvalue weighted by molar-refractivity contribution is 5.95. The molecule has 0 aliphatic rings. The predicted octanol–water partition coefficient (Wildman–Crippen LogP) is 3.71. The van der Waals surface area contributed by atoms with Crippen molar-refractivity contribution in [2.24, 2.45) is 0 Å². The molecule has 0 atom stereocenters. The molecule has 0 bridgehead atoms. The molecule has 0 amide bonds. The number of carboxylic acid groups (broad SMARTS) is 1. The van der Waals surface area contributed by atoms with Crippen LogP contribution in [0.15, 0.2) is 60.9 Å². The minimum Gasteiger partial charge on any atom is -0.478 e. The Bertz CT molecular complexity index is 900. The smallest absolute Gasteiger partial charge is 0.337 e. The molecule has 7 heteroatoms. The van der Waals surface area contributed by atoms with Crippen LogP contribution in [-0.2, 0) is 6.42 Å². The van der Waals surface area contributed by atoms with Gasteiger partial charge in [0.2, 0.25) is 0 Å². The number of carboxylic acids is 1. The van der Waals surface area contributed by atoms with E-state index in [1.165, 1.54) is 24.5 Å². The molecule has 26 heavy (non-hydrogen) atoms. The number of hydrogen-bond donors (Lipinski definition) is 3. The van der Waals surface area contributed by atoms with Gasteiger partial charge in [0.15, 0.2) is 0 Å². The van der Waals surface area contributed by atoms with Crippen molar-refractivity contribution in [2.75, 3.05) is 17.2 Å². The van der Waals surface area contributed by atoms with Gasteiger partial charge in [0.25, 0.3) is 0 Å². The number of carbonyl (C=O) groups is 1. The number of benzene rings is 2. The average Bonchev–Trinajstić information content (AvgIpc) is 2.64. The van der Waals surface area contributed by atoms with Crippen LogP contribution in [0, 0.1) is 5.82 Å². The van der Waals surface area contributed by atoms with E-state index in [-0.39, 0.29) is 11.4 Å². The number of aromatic carboxylic acids is 1. The van der Waals surface area contributed by atoms with Crippen LogP contribution in [0.4, 0.5) is 21.7 Å². The Kier molecular flexibility index (Phi) is 5.38. The third-order valence-corrected chi connectivity index (χ3v) is 3.72. The highest BCUT2D eigenvalue weighted by Crippen LogP contribution is 2.20. The molecule has 0 aliphatic carbocycles. The molecule has 0 radical (unpaired) electrons. The number of nitrogens with one attached hydrogen (secondary N) is 2. The van der Waals surface area contributed by atoms with Crippen LogP contribution < -0.4 is 10.6 Å². The fourth-order valence-corrected chi connectivity index (χ4v) is 2.42. The van der Waals surface area contributed by atoms with Crippen molar-refractivity contribution in [3.63, 3.8) is 0 Å². The van der Waals surface area contributed by atoms with Crippen LogP contribution in [0.3, 0.4) is 0 Å². The van der Waals surface area contributed by atoms with E-state index in [9.17, 15) is 14.3 Å². The van der Waals surface area contributed by atoms with Crippen LogP contribution in [0.5, 0.6) is 0 Å². The van der Waals surface area contributed by atoms with Gasteiger partial charge in [-0.15, -0.1) is 0 Å². The van der Waals surface area contributed by atoms with E-state index in [0.29, 0.717) is 23.9 Å². The van der Waals surface area contributed by atoms with E-state index in [1.54, 1.807) is 36.4 Å². The maximum absolute atomic E-state index is 12.9. The zero-order chi connectivity index (χ0) is 18.4. The number of rotatable bonds is 7. The first-order valence-electron chi connectivity index (χ1n) is 8.01. The van der Waals surface area contributed by atoms with E-state index in [2.05, 4.69) is 20.6 Å². The van der Waals surface area contributed by atoms with Crippen LogP contribution in [0.25, 0.3) is 0 Å². The number of halogens is 1. The Hall–Kier alpha value is -3.48. The molecule has 0 saturated carbocycles. The second-order valence-electron chi connectivity index (χ2n) is 5.57. The molecule has 6 nitrogen and oxygen atoms in total. The maximum atomic E-state index is 12.9. The third kappa shape index (κ3) is 4.54. The zero-order valence-corrected chi connectivity index (χ0v) is 13.8. The standard InChI is InChI=1S/C19H17FN4O2/c20-14-7-5-13(6-8-14)9-10-21-17-11-18(23-12-22-17)24-16-4-2-1-3-15(16)19(25)26/h1-8,11-12H,9-10H2,(H,25,26)(H2,21,22,23,24). The Morgan fingerprint density at radius 2 is 1.77 bits per heavy atom. The van der Waals surface area contributed by atoms with Crippen molar-refractivity contribution in [3.8, 4) is 0 Å². The summed E-state index contributed by atoms with van der Waals surface area (Å²) in [4.78, 5) is 19.5. The van der Waals surface area contributed by atoms with Gasteiger partial charge in [-0.2, -0.15) is 0 Å². The highest BCUT2D eigenvalue weighted by Gasteiger charge is 2.09. The molecule has 0 saturated heterocycles. The van der Waals surface area contributed by atoms with Gasteiger partial charge in [-0.3, -0.25) is 0 Å². The first kappa shape index (κ1) is 17.3. The van der Waals surface area contributed by atoms with Crippen molar-refractivity contribution in [1.29, 1.82) is 0 Å². The number of nitrogens with zero attached hydrogens (tertiary/aromatic N) is 2. The topological polar surface area (TPSA) is 87.1 Å². The van der Waals surface area contributed by atoms with Gasteiger partial charge < -0.3 is 15.7 Å². The lowest BCUT2D eigenvalue weighted by molar-refractivity contribution is 0.0698. The summed E-state index contributed by atoms with van der Waals surface area (Å²) in [6.07, 6.45) is 2.11. The molecule has 0 unspecified atom stereocenters. The summed E-state index contributed by atoms with van der Waals surface area (Å²) in [7, 11) is 0. The van der Waals surface area contributed by atoms with Crippen molar-refractivity contribution in [3.05, 3.63) is 77.9 Å². The molecule has 0 aliphatic heterocycles. The molecule has 3 aromatic rings. The Balaban J connectivity index is 1.63. The van der Waals surface area contributed by atoms with Crippen molar-refractivity contribution < 1.29 is 14.3 Å². The van der Waals surface area contributed by atoms with Gasteiger partial charge in [0.05, 0.1) is 11.3 Å². The lowest BCUT2D eigenvalue weighted by Gasteiger charge is -2.10. The SMILES string of the molecule is O=C(O)c1ccccc1Nc1cc(NCCc2ccc(F)cc2)ncn1. The van der Waals surface area contributed by atoms with Crippen molar-refractivity contribution in [2.45, 2.75) is 6.42 Å². The minimum atomic E-state index is -1.01. The Morgan fingerprint density at radius 1 is 1.04 bits per heavy atom. The first-order chi connectivity index (χ1) is 12.6. The summed E-state index contributed by atoms with van der Waals surface area (Å²) >= 11 is 0. The fourth-order valence-electron chi connectivity index (χ4n) is 2.42. The van der Waals surface area contributed by atoms with E-state index < -0.39 is 5.97 Å². The van der Waals surface area contributed by atoms with Crippen LogP contribution in [-0.4, -0.2) is 27.6 Å². The normalized spacial score (nSPS) is 10.3. The molecule has 3 N–H and O–H groups in total. The summed E-state index contributed by atoms with van der Waals surface area (Å²) in [6.45, 7) is 0.619. The molecule has 3 rings (SSSR count). The molecule has 0 fully saturated rings. The Labute approximate surface area is 149 Å². The van der Waals surface area contributed by atoms with Gasteiger partial charge in [0.1, 0.15) is 23.8 Å². The van der Waals surface area contributed by atoms with Gasteiger partial charge in [0, 0.05) is 12.6 Å². The second kappa shape index (κ2) is 8.06. The quantitative estimate of drug-likeness (QED) is 0.601. The molecule has 2 aromatic carbocycles. The van der Waals surface area contributed by atoms with Crippen LogP contribution in [0.2, 0.25) is 0 Å². The van der Waals surface area contributed by atoms with Gasteiger partial charge in [-0.25, -0.2) is 19.2 Å². The molecular formula is C19H17FN4O2. The second-order valence-corrected chi connectivity index (χ2v) is 5.57. The fraction of sp³-hybridized carbons (Fsp3) is 0.105. The summed E-state index contributed by atoms with van der Waals surface area (Å²) in [5, 5.41) is 15.4. The van der Waals surface area contributed by atoms with E-state index >= 15 is 0 Å². The molecule has 0 spiro atoms. The van der Waals surface area contributed by atoms with Crippen molar-refractivity contribution >= 4 is 23.3 Å². The van der Waals surface area contributed by atoms with Gasteiger partial charge in [-0.05, 0) is 36.2 Å². The van der Waals surface area contributed by atoms with E-state index in [1.807, 2.05) is 0 Å².